The van der Waals surface area contributed by atoms with Crippen LogP contribution in [0.5, 0.6) is 5.75 Å². The number of likely N-dealkylation sites (tertiary alicyclic amines) is 1. The van der Waals surface area contributed by atoms with Crippen LogP contribution in [0.3, 0.4) is 0 Å². The van der Waals surface area contributed by atoms with E-state index in [0.29, 0.717) is 5.56 Å². The number of rotatable bonds is 7. The SMILES string of the molecule is COc1cccc(CN2CCC[C@@H]([C@@H](NC(=O)c3cccc(F)c3)c3ccccn3)C2)c1. The number of halogens is 1. The van der Waals surface area contributed by atoms with E-state index in [0.717, 1.165) is 43.9 Å². The quantitative estimate of drug-likeness (QED) is 0.591. The van der Waals surface area contributed by atoms with Crippen LogP contribution < -0.4 is 10.1 Å². The van der Waals surface area contributed by atoms with E-state index >= 15 is 0 Å². The van der Waals surface area contributed by atoms with Gasteiger partial charge in [0.05, 0.1) is 18.8 Å². The molecule has 1 aromatic heterocycles. The summed E-state index contributed by atoms with van der Waals surface area (Å²) in [6.07, 6.45) is 3.76. The molecule has 0 spiro atoms. The molecule has 6 heteroatoms. The van der Waals surface area contributed by atoms with Crippen LogP contribution >= 0.6 is 0 Å². The summed E-state index contributed by atoms with van der Waals surface area (Å²) in [5.74, 6) is 0.339. The number of aromatic nitrogens is 1. The Kier molecular flexibility index (Phi) is 7.12. The number of hydrogen-bond donors (Lipinski definition) is 1. The molecule has 3 aromatic rings. The van der Waals surface area contributed by atoms with Gasteiger partial charge in [0.1, 0.15) is 11.6 Å². The molecule has 1 saturated heterocycles. The highest BCUT2D eigenvalue weighted by atomic mass is 19.1. The molecule has 166 valence electrons. The zero-order chi connectivity index (χ0) is 22.3. The lowest BCUT2D eigenvalue weighted by Crippen LogP contribution is -2.43. The molecule has 2 aromatic carbocycles. The smallest absolute Gasteiger partial charge is 0.251 e. The van der Waals surface area contributed by atoms with Gasteiger partial charge in [0.15, 0.2) is 0 Å². The van der Waals surface area contributed by atoms with Gasteiger partial charge in [-0.15, -0.1) is 0 Å². The molecule has 32 heavy (non-hydrogen) atoms. The van der Waals surface area contributed by atoms with Gasteiger partial charge in [0.25, 0.3) is 5.91 Å². The Balaban J connectivity index is 1.52. The maximum absolute atomic E-state index is 13.6. The number of nitrogens with zero attached hydrogens (tertiary/aromatic N) is 2. The van der Waals surface area contributed by atoms with Crippen LogP contribution in [-0.2, 0) is 6.54 Å². The Labute approximate surface area is 188 Å². The molecular weight excluding hydrogens is 405 g/mol. The predicted octanol–water partition coefficient (Wildman–Crippen LogP) is 4.61. The molecule has 2 atom stereocenters. The molecule has 1 fully saturated rings. The maximum Gasteiger partial charge on any atom is 0.251 e. The van der Waals surface area contributed by atoms with Crippen LogP contribution in [0.25, 0.3) is 0 Å². The summed E-state index contributed by atoms with van der Waals surface area (Å²) in [4.78, 5) is 19.9. The second kappa shape index (κ2) is 10.4. The van der Waals surface area contributed by atoms with Gasteiger partial charge in [-0.25, -0.2) is 4.39 Å². The molecule has 4 rings (SSSR count). The number of benzene rings is 2. The zero-order valence-electron chi connectivity index (χ0n) is 18.2. The number of carbonyl (C=O) groups excluding carboxylic acids is 1. The fraction of sp³-hybridized carbons (Fsp3) is 0.308. The number of piperidine rings is 1. The predicted molar refractivity (Wildman–Crippen MR) is 122 cm³/mol. The first kappa shape index (κ1) is 22.0. The fourth-order valence-electron chi connectivity index (χ4n) is 4.38. The highest BCUT2D eigenvalue weighted by Crippen LogP contribution is 2.30. The molecule has 0 saturated carbocycles. The fourth-order valence-corrected chi connectivity index (χ4v) is 4.38. The van der Waals surface area contributed by atoms with Crippen molar-refractivity contribution in [1.82, 2.24) is 15.2 Å². The lowest BCUT2D eigenvalue weighted by atomic mass is 9.88. The van der Waals surface area contributed by atoms with Gasteiger partial charge in [0, 0.05) is 24.8 Å². The molecule has 1 N–H and O–H groups in total. The first-order valence-electron chi connectivity index (χ1n) is 10.9. The van der Waals surface area contributed by atoms with Crippen molar-refractivity contribution in [2.75, 3.05) is 20.2 Å². The molecular formula is C26H28FN3O2. The maximum atomic E-state index is 13.6. The normalized spacial score (nSPS) is 17.5. The minimum atomic E-state index is -0.422. The van der Waals surface area contributed by atoms with Crippen LogP contribution in [0.15, 0.2) is 72.9 Å². The van der Waals surface area contributed by atoms with Crippen molar-refractivity contribution in [1.29, 1.82) is 0 Å². The molecule has 5 nitrogen and oxygen atoms in total. The topological polar surface area (TPSA) is 54.5 Å². The van der Waals surface area contributed by atoms with E-state index in [-0.39, 0.29) is 17.9 Å². The van der Waals surface area contributed by atoms with Gasteiger partial charge in [-0.1, -0.05) is 24.3 Å². The average molecular weight is 434 g/mol. The monoisotopic (exact) mass is 433 g/mol. The van der Waals surface area contributed by atoms with Crippen molar-refractivity contribution in [3.63, 3.8) is 0 Å². The van der Waals surface area contributed by atoms with Crippen LogP contribution in [0.2, 0.25) is 0 Å². The first-order valence-corrected chi connectivity index (χ1v) is 10.9. The van der Waals surface area contributed by atoms with Crippen molar-refractivity contribution in [2.45, 2.75) is 25.4 Å². The number of pyridine rings is 1. The Morgan fingerprint density at radius 1 is 1.19 bits per heavy atom. The van der Waals surface area contributed by atoms with Gasteiger partial charge < -0.3 is 10.1 Å². The van der Waals surface area contributed by atoms with Gasteiger partial charge in [0.2, 0.25) is 0 Å². The van der Waals surface area contributed by atoms with Crippen molar-refractivity contribution < 1.29 is 13.9 Å². The second-order valence-electron chi connectivity index (χ2n) is 8.21. The third-order valence-electron chi connectivity index (χ3n) is 5.93. The van der Waals surface area contributed by atoms with Crippen LogP contribution in [-0.4, -0.2) is 36.0 Å². The summed E-state index contributed by atoms with van der Waals surface area (Å²) in [6.45, 7) is 2.66. The van der Waals surface area contributed by atoms with E-state index < -0.39 is 5.82 Å². The summed E-state index contributed by atoms with van der Waals surface area (Å²) in [5.41, 5.74) is 2.34. The highest BCUT2D eigenvalue weighted by Gasteiger charge is 2.30. The van der Waals surface area contributed by atoms with Gasteiger partial charge >= 0.3 is 0 Å². The second-order valence-corrected chi connectivity index (χ2v) is 8.21. The standard InChI is InChI=1S/C26H28FN3O2/c1-32-23-11-4-7-19(15-23)17-30-14-6-9-21(18-30)25(24-12-2-3-13-28-24)29-26(31)20-8-5-10-22(27)16-20/h2-5,7-8,10-13,15-16,21,25H,6,9,14,17-18H2,1H3,(H,29,31)/t21-,25-/m1/s1. The summed E-state index contributed by atoms with van der Waals surface area (Å²) in [6, 6.07) is 19.4. The molecule has 0 aliphatic carbocycles. The molecule has 0 radical (unpaired) electrons. The average Bonchev–Trinajstić information content (AvgIpc) is 2.83. The van der Waals surface area contributed by atoms with Gasteiger partial charge in [-0.3, -0.25) is 14.7 Å². The number of ether oxygens (including phenoxy) is 1. The van der Waals surface area contributed by atoms with E-state index in [1.54, 1.807) is 25.4 Å². The van der Waals surface area contributed by atoms with Crippen LogP contribution in [0.1, 0.15) is 40.5 Å². The number of carbonyl (C=O) groups is 1. The Bertz CT molecular complexity index is 1040. The Hall–Kier alpha value is -3.25. The number of nitrogens with one attached hydrogen (secondary N) is 1. The lowest BCUT2D eigenvalue weighted by Gasteiger charge is -2.37. The van der Waals surface area contributed by atoms with Gasteiger partial charge in [-0.05, 0) is 73.3 Å². The minimum absolute atomic E-state index is 0.196. The van der Waals surface area contributed by atoms with Gasteiger partial charge in [-0.2, -0.15) is 0 Å². The third kappa shape index (κ3) is 5.51. The number of hydrogen-bond acceptors (Lipinski definition) is 4. The summed E-state index contributed by atoms with van der Waals surface area (Å²) < 4.78 is 19.0. The molecule has 1 aliphatic heterocycles. The number of methoxy groups -OCH3 is 1. The van der Waals surface area contributed by atoms with Crippen LogP contribution in [0, 0.1) is 11.7 Å². The Morgan fingerprint density at radius 2 is 2.06 bits per heavy atom. The molecule has 0 unspecified atom stereocenters. The van der Waals surface area contributed by atoms with E-state index in [4.69, 9.17) is 4.74 Å². The van der Waals surface area contributed by atoms with Crippen molar-refractivity contribution in [3.8, 4) is 5.75 Å². The molecule has 0 bridgehead atoms. The van der Waals surface area contributed by atoms with E-state index in [1.165, 1.54) is 17.7 Å². The van der Waals surface area contributed by atoms with E-state index in [9.17, 15) is 9.18 Å². The van der Waals surface area contributed by atoms with Crippen molar-refractivity contribution in [2.24, 2.45) is 5.92 Å². The van der Waals surface area contributed by atoms with E-state index in [1.807, 2.05) is 30.3 Å². The number of amides is 1. The lowest BCUT2D eigenvalue weighted by molar-refractivity contribution is 0.0874. The largest absolute Gasteiger partial charge is 0.497 e. The highest BCUT2D eigenvalue weighted by molar-refractivity contribution is 5.94. The Morgan fingerprint density at radius 3 is 2.84 bits per heavy atom. The molecule has 1 amide bonds. The molecule has 2 heterocycles. The first-order chi connectivity index (χ1) is 15.6. The summed E-state index contributed by atoms with van der Waals surface area (Å²) in [5, 5.41) is 3.13. The minimum Gasteiger partial charge on any atom is -0.497 e. The van der Waals surface area contributed by atoms with E-state index in [2.05, 4.69) is 27.3 Å². The van der Waals surface area contributed by atoms with Crippen molar-refractivity contribution in [3.05, 3.63) is 95.6 Å². The summed E-state index contributed by atoms with van der Waals surface area (Å²) >= 11 is 0. The van der Waals surface area contributed by atoms with Crippen molar-refractivity contribution >= 4 is 5.91 Å². The third-order valence-corrected chi connectivity index (χ3v) is 5.93. The molecule has 1 aliphatic rings. The zero-order valence-corrected chi connectivity index (χ0v) is 18.2. The van der Waals surface area contributed by atoms with Crippen LogP contribution in [0.4, 0.5) is 4.39 Å². The summed E-state index contributed by atoms with van der Waals surface area (Å²) in [7, 11) is 1.68.